The summed E-state index contributed by atoms with van der Waals surface area (Å²) in [4.78, 5) is 11.9. The predicted octanol–water partition coefficient (Wildman–Crippen LogP) is 3.08. The molecule has 21 heavy (non-hydrogen) atoms. The van der Waals surface area contributed by atoms with Crippen LogP contribution in [0.15, 0.2) is 17.0 Å². The summed E-state index contributed by atoms with van der Waals surface area (Å²) in [7, 11) is -3.36. The summed E-state index contributed by atoms with van der Waals surface area (Å²) >= 11 is 0. The normalized spacial score (nSPS) is 22.3. The number of aromatic carboxylic acids is 1. The van der Waals surface area contributed by atoms with E-state index in [1.54, 1.807) is 12.1 Å². The van der Waals surface area contributed by atoms with Gasteiger partial charge in [0.2, 0.25) is 0 Å². The van der Waals surface area contributed by atoms with Crippen LogP contribution in [0.4, 0.5) is 0 Å². The number of carboxylic acids is 1. The molecule has 112 valence electrons. The van der Waals surface area contributed by atoms with Gasteiger partial charge < -0.3 is 5.11 Å². The van der Waals surface area contributed by atoms with Gasteiger partial charge in [0.25, 0.3) is 0 Å². The van der Waals surface area contributed by atoms with Crippen molar-refractivity contribution in [2.75, 3.05) is 0 Å². The monoisotopic (exact) mass is 306 g/mol. The zero-order valence-electron chi connectivity index (χ0n) is 11.7. The van der Waals surface area contributed by atoms with E-state index in [0.29, 0.717) is 29.2 Å². The molecule has 3 saturated carbocycles. The van der Waals surface area contributed by atoms with Crippen LogP contribution < -0.4 is 0 Å². The number of carboxylic acid groups (broad SMARTS) is 1. The SMILES string of the molecule is O=C(O)c1ccc(C2CC2)c(S(=O)(=O)C2CC2)c1C1CC1. The van der Waals surface area contributed by atoms with E-state index >= 15 is 0 Å². The molecular formula is C16H18O4S. The first-order valence-electron chi connectivity index (χ1n) is 7.64. The van der Waals surface area contributed by atoms with Crippen molar-refractivity contribution in [3.8, 4) is 0 Å². The zero-order chi connectivity index (χ0) is 14.8. The fourth-order valence-electron chi connectivity index (χ4n) is 3.16. The maximum atomic E-state index is 12.9. The van der Waals surface area contributed by atoms with E-state index in [1.807, 2.05) is 0 Å². The van der Waals surface area contributed by atoms with E-state index in [1.165, 1.54) is 0 Å². The highest BCUT2D eigenvalue weighted by Crippen LogP contribution is 2.52. The van der Waals surface area contributed by atoms with Crippen molar-refractivity contribution < 1.29 is 18.3 Å². The number of carbonyl (C=O) groups is 1. The van der Waals surface area contributed by atoms with E-state index in [-0.39, 0.29) is 16.7 Å². The Balaban J connectivity index is 1.99. The first kappa shape index (κ1) is 13.3. The second kappa shape index (κ2) is 4.32. The Hall–Kier alpha value is -1.36. The molecule has 3 aliphatic carbocycles. The second-order valence-electron chi connectivity index (χ2n) is 6.54. The number of rotatable bonds is 5. The van der Waals surface area contributed by atoms with E-state index < -0.39 is 15.8 Å². The molecule has 1 aromatic rings. The molecule has 4 nitrogen and oxygen atoms in total. The van der Waals surface area contributed by atoms with Crippen LogP contribution >= 0.6 is 0 Å². The zero-order valence-corrected chi connectivity index (χ0v) is 12.5. The van der Waals surface area contributed by atoms with Crippen LogP contribution in [0.2, 0.25) is 0 Å². The van der Waals surface area contributed by atoms with Crippen LogP contribution in [0, 0.1) is 0 Å². The average molecular weight is 306 g/mol. The molecule has 1 aromatic carbocycles. The highest BCUT2D eigenvalue weighted by atomic mass is 32.2. The molecule has 0 aliphatic heterocycles. The Morgan fingerprint density at radius 2 is 1.62 bits per heavy atom. The Morgan fingerprint density at radius 3 is 2.10 bits per heavy atom. The van der Waals surface area contributed by atoms with Crippen LogP contribution in [0.1, 0.15) is 71.8 Å². The van der Waals surface area contributed by atoms with Crippen molar-refractivity contribution in [1.82, 2.24) is 0 Å². The number of benzene rings is 1. The summed E-state index contributed by atoms with van der Waals surface area (Å²) in [6.45, 7) is 0. The van der Waals surface area contributed by atoms with E-state index in [0.717, 1.165) is 31.2 Å². The van der Waals surface area contributed by atoms with Crippen molar-refractivity contribution in [3.63, 3.8) is 0 Å². The smallest absolute Gasteiger partial charge is 0.336 e. The molecule has 5 heteroatoms. The van der Waals surface area contributed by atoms with Crippen LogP contribution in [0.3, 0.4) is 0 Å². The van der Waals surface area contributed by atoms with Gasteiger partial charge in [-0.2, -0.15) is 0 Å². The molecule has 0 spiro atoms. The summed E-state index contributed by atoms with van der Waals surface area (Å²) in [5.74, 6) is -0.571. The maximum Gasteiger partial charge on any atom is 0.336 e. The minimum absolute atomic E-state index is 0.123. The molecule has 0 aromatic heterocycles. The van der Waals surface area contributed by atoms with Gasteiger partial charge in [-0.3, -0.25) is 0 Å². The summed E-state index contributed by atoms with van der Waals surface area (Å²) in [6, 6.07) is 3.37. The van der Waals surface area contributed by atoms with Crippen LogP contribution in [0.25, 0.3) is 0 Å². The Labute approximate surface area is 124 Å². The van der Waals surface area contributed by atoms with Gasteiger partial charge in [0, 0.05) is 0 Å². The van der Waals surface area contributed by atoms with Gasteiger partial charge >= 0.3 is 5.97 Å². The first-order valence-corrected chi connectivity index (χ1v) is 9.18. The third-order valence-corrected chi connectivity index (χ3v) is 7.08. The molecule has 0 bridgehead atoms. The maximum absolute atomic E-state index is 12.9. The van der Waals surface area contributed by atoms with Crippen LogP contribution in [-0.2, 0) is 9.84 Å². The van der Waals surface area contributed by atoms with Crippen molar-refractivity contribution in [2.45, 2.75) is 60.5 Å². The molecule has 0 atom stereocenters. The third kappa shape index (κ3) is 2.18. The lowest BCUT2D eigenvalue weighted by atomic mass is 9.98. The summed E-state index contributed by atoms with van der Waals surface area (Å²) in [6.07, 6.45) is 5.28. The Morgan fingerprint density at radius 1 is 1.00 bits per heavy atom. The molecule has 0 radical (unpaired) electrons. The van der Waals surface area contributed by atoms with Crippen molar-refractivity contribution >= 4 is 15.8 Å². The highest BCUT2D eigenvalue weighted by molar-refractivity contribution is 7.92. The molecule has 1 N–H and O–H groups in total. The molecule has 0 unspecified atom stereocenters. The second-order valence-corrected chi connectivity index (χ2v) is 8.71. The van der Waals surface area contributed by atoms with Gasteiger partial charge in [-0.1, -0.05) is 6.07 Å². The van der Waals surface area contributed by atoms with Gasteiger partial charge in [-0.05, 0) is 67.6 Å². The topological polar surface area (TPSA) is 71.4 Å². The van der Waals surface area contributed by atoms with Gasteiger partial charge in [0.1, 0.15) is 0 Å². The van der Waals surface area contributed by atoms with Crippen LogP contribution in [0.5, 0.6) is 0 Å². The molecule has 0 heterocycles. The van der Waals surface area contributed by atoms with E-state index in [9.17, 15) is 18.3 Å². The van der Waals surface area contributed by atoms with Gasteiger partial charge in [0.15, 0.2) is 9.84 Å². The Kier molecular flexibility index (Phi) is 2.74. The lowest BCUT2D eigenvalue weighted by molar-refractivity contribution is 0.0695. The molecule has 3 aliphatic rings. The molecule has 0 saturated heterocycles. The number of hydrogen-bond donors (Lipinski definition) is 1. The predicted molar refractivity (Wildman–Crippen MR) is 77.6 cm³/mol. The van der Waals surface area contributed by atoms with Gasteiger partial charge in [0.05, 0.1) is 15.7 Å². The lowest BCUT2D eigenvalue weighted by Gasteiger charge is -2.17. The average Bonchev–Trinajstić information content (AvgIpc) is 3.32. The first-order chi connectivity index (χ1) is 10.00. The van der Waals surface area contributed by atoms with Crippen molar-refractivity contribution in [3.05, 3.63) is 28.8 Å². The van der Waals surface area contributed by atoms with Gasteiger partial charge in [-0.15, -0.1) is 0 Å². The Bertz CT molecular complexity index is 723. The fraction of sp³-hybridized carbons (Fsp3) is 0.562. The minimum atomic E-state index is -3.36. The number of hydrogen-bond acceptors (Lipinski definition) is 3. The van der Waals surface area contributed by atoms with Crippen molar-refractivity contribution in [1.29, 1.82) is 0 Å². The third-order valence-electron chi connectivity index (χ3n) is 4.71. The van der Waals surface area contributed by atoms with Gasteiger partial charge in [-0.25, -0.2) is 13.2 Å². The molecule has 0 amide bonds. The molecular weight excluding hydrogens is 288 g/mol. The molecule has 3 fully saturated rings. The van der Waals surface area contributed by atoms with Crippen molar-refractivity contribution in [2.24, 2.45) is 0 Å². The van der Waals surface area contributed by atoms with E-state index in [2.05, 4.69) is 0 Å². The summed E-state index contributed by atoms with van der Waals surface area (Å²) in [5.41, 5.74) is 1.69. The minimum Gasteiger partial charge on any atom is -0.478 e. The summed E-state index contributed by atoms with van der Waals surface area (Å²) in [5, 5.41) is 9.16. The lowest BCUT2D eigenvalue weighted by Crippen LogP contribution is -2.16. The molecule has 4 rings (SSSR count). The fourth-order valence-corrected chi connectivity index (χ4v) is 5.39. The quantitative estimate of drug-likeness (QED) is 0.907. The summed E-state index contributed by atoms with van der Waals surface area (Å²) < 4.78 is 25.8. The number of sulfone groups is 1. The van der Waals surface area contributed by atoms with E-state index in [4.69, 9.17) is 0 Å². The van der Waals surface area contributed by atoms with Crippen LogP contribution in [-0.4, -0.2) is 24.7 Å². The highest BCUT2D eigenvalue weighted by Gasteiger charge is 2.45. The largest absolute Gasteiger partial charge is 0.478 e. The standard InChI is InChI=1S/C16H18O4S/c17-16(18)13-8-7-12(9-1-2-9)15(14(13)10-3-4-10)21(19,20)11-5-6-11/h7-11H,1-6H2,(H,17,18).